The molecule has 1 heterocycles. The maximum absolute atomic E-state index is 12.4. The van der Waals surface area contributed by atoms with Gasteiger partial charge in [0.2, 0.25) is 0 Å². The van der Waals surface area contributed by atoms with Gasteiger partial charge in [-0.15, -0.1) is 0 Å². The first kappa shape index (κ1) is 14.0. The van der Waals surface area contributed by atoms with Crippen LogP contribution in [0.3, 0.4) is 0 Å². The van der Waals surface area contributed by atoms with Gasteiger partial charge in [-0.05, 0) is 34.9 Å². The molecule has 2 nitrogen and oxygen atoms in total. The number of hydrogen-bond acceptors (Lipinski definition) is 2. The first-order chi connectivity index (χ1) is 11.2. The fraction of sp³-hybridized carbons (Fsp3) is 0.190. The first-order valence-corrected chi connectivity index (χ1v) is 7.93. The summed E-state index contributed by atoms with van der Waals surface area (Å²) in [6.45, 7) is 2.01. The number of esters is 1. The quantitative estimate of drug-likeness (QED) is 0.636. The van der Waals surface area contributed by atoms with E-state index >= 15 is 0 Å². The summed E-state index contributed by atoms with van der Waals surface area (Å²) in [4.78, 5) is 12.4. The van der Waals surface area contributed by atoms with Crippen molar-refractivity contribution >= 4 is 16.7 Å². The third-order valence-corrected chi connectivity index (χ3v) is 4.77. The molecule has 0 aromatic heterocycles. The molecule has 0 saturated carbocycles. The topological polar surface area (TPSA) is 26.3 Å². The number of hydrogen-bond donors (Lipinski definition) is 0. The molecule has 114 valence electrons. The van der Waals surface area contributed by atoms with Crippen molar-refractivity contribution in [3.8, 4) is 0 Å². The van der Waals surface area contributed by atoms with Gasteiger partial charge in [0, 0.05) is 6.42 Å². The van der Waals surface area contributed by atoms with Crippen LogP contribution in [0.2, 0.25) is 0 Å². The van der Waals surface area contributed by atoms with Crippen LogP contribution in [-0.4, -0.2) is 5.97 Å². The molecule has 2 atom stereocenters. The van der Waals surface area contributed by atoms with Gasteiger partial charge in [0.15, 0.2) is 0 Å². The van der Waals surface area contributed by atoms with Crippen molar-refractivity contribution in [2.45, 2.75) is 24.9 Å². The Morgan fingerprint density at radius 3 is 2.39 bits per heavy atom. The minimum Gasteiger partial charge on any atom is -0.454 e. The van der Waals surface area contributed by atoms with E-state index in [-0.39, 0.29) is 11.9 Å². The van der Waals surface area contributed by atoms with Gasteiger partial charge in [-0.2, -0.15) is 0 Å². The monoisotopic (exact) mass is 302 g/mol. The van der Waals surface area contributed by atoms with Gasteiger partial charge in [0.25, 0.3) is 0 Å². The van der Waals surface area contributed by atoms with Gasteiger partial charge in [-0.1, -0.05) is 66.7 Å². The lowest BCUT2D eigenvalue weighted by Gasteiger charge is -2.23. The average molecular weight is 302 g/mol. The van der Waals surface area contributed by atoms with E-state index in [0.29, 0.717) is 6.42 Å². The van der Waals surface area contributed by atoms with E-state index in [9.17, 15) is 4.79 Å². The third-order valence-electron chi connectivity index (χ3n) is 4.77. The van der Waals surface area contributed by atoms with Crippen LogP contribution in [0.4, 0.5) is 0 Å². The summed E-state index contributed by atoms with van der Waals surface area (Å²) in [6.07, 6.45) is 0.675. The number of rotatable bonds is 2. The van der Waals surface area contributed by atoms with E-state index in [1.165, 1.54) is 10.8 Å². The van der Waals surface area contributed by atoms with Crippen LogP contribution in [-0.2, 0) is 15.1 Å². The van der Waals surface area contributed by atoms with Gasteiger partial charge in [0.05, 0.1) is 5.92 Å². The fourth-order valence-electron chi connectivity index (χ4n) is 3.44. The van der Waals surface area contributed by atoms with Crippen molar-refractivity contribution in [2.75, 3.05) is 0 Å². The molecule has 0 radical (unpaired) electrons. The minimum atomic E-state index is -0.568. The molecule has 23 heavy (non-hydrogen) atoms. The van der Waals surface area contributed by atoms with Crippen molar-refractivity contribution in [1.82, 2.24) is 0 Å². The summed E-state index contributed by atoms with van der Waals surface area (Å²) in [7, 11) is 0. The summed E-state index contributed by atoms with van der Waals surface area (Å²) in [5.74, 6) is -0.320. The molecule has 0 aliphatic carbocycles. The SMILES string of the molecule is C[C@@]1(c2ccc3ccccc3c2)C[C@H](c2ccccc2)C(=O)O1. The Bertz CT molecular complexity index is 869. The van der Waals surface area contributed by atoms with Crippen LogP contribution in [0.5, 0.6) is 0 Å². The van der Waals surface area contributed by atoms with Gasteiger partial charge in [0.1, 0.15) is 5.60 Å². The Morgan fingerprint density at radius 2 is 1.61 bits per heavy atom. The van der Waals surface area contributed by atoms with Crippen molar-refractivity contribution < 1.29 is 9.53 Å². The zero-order chi connectivity index (χ0) is 15.9. The van der Waals surface area contributed by atoms with E-state index in [1.807, 2.05) is 49.4 Å². The molecule has 0 spiro atoms. The van der Waals surface area contributed by atoms with Crippen molar-refractivity contribution in [1.29, 1.82) is 0 Å². The molecule has 1 aliphatic rings. The third kappa shape index (κ3) is 2.40. The summed E-state index contributed by atoms with van der Waals surface area (Å²) >= 11 is 0. The number of ether oxygens (including phenoxy) is 1. The average Bonchev–Trinajstić information content (AvgIpc) is 2.91. The normalized spacial score (nSPS) is 23.9. The number of carbonyl (C=O) groups is 1. The van der Waals surface area contributed by atoms with E-state index in [1.54, 1.807) is 0 Å². The second-order valence-corrected chi connectivity index (χ2v) is 6.38. The highest BCUT2D eigenvalue weighted by molar-refractivity contribution is 5.84. The van der Waals surface area contributed by atoms with Crippen LogP contribution in [0.25, 0.3) is 10.8 Å². The van der Waals surface area contributed by atoms with E-state index < -0.39 is 5.60 Å². The van der Waals surface area contributed by atoms with E-state index in [2.05, 4.69) is 30.3 Å². The van der Waals surface area contributed by atoms with Crippen LogP contribution in [0.1, 0.15) is 30.4 Å². The van der Waals surface area contributed by atoms with E-state index in [4.69, 9.17) is 4.74 Å². The summed E-state index contributed by atoms with van der Waals surface area (Å²) in [5, 5.41) is 2.37. The molecule has 0 unspecified atom stereocenters. The van der Waals surface area contributed by atoms with Crippen LogP contribution in [0.15, 0.2) is 72.8 Å². The molecule has 3 aromatic carbocycles. The van der Waals surface area contributed by atoms with Crippen molar-refractivity contribution in [2.24, 2.45) is 0 Å². The molecule has 1 aliphatic heterocycles. The van der Waals surface area contributed by atoms with Gasteiger partial charge in [-0.3, -0.25) is 4.79 Å². The Balaban J connectivity index is 1.71. The Hall–Kier alpha value is -2.61. The number of benzene rings is 3. The van der Waals surface area contributed by atoms with Gasteiger partial charge < -0.3 is 4.74 Å². The molecular formula is C21H18O2. The lowest BCUT2D eigenvalue weighted by molar-refractivity contribution is -0.148. The molecule has 0 bridgehead atoms. The molecule has 1 fully saturated rings. The molecule has 0 N–H and O–H groups in total. The Morgan fingerprint density at radius 1 is 0.913 bits per heavy atom. The number of carbonyl (C=O) groups excluding carboxylic acids is 1. The summed E-state index contributed by atoms with van der Waals surface area (Å²) in [6, 6.07) is 24.4. The molecule has 1 saturated heterocycles. The first-order valence-electron chi connectivity index (χ1n) is 7.93. The van der Waals surface area contributed by atoms with Crippen molar-refractivity contribution in [3.63, 3.8) is 0 Å². The van der Waals surface area contributed by atoms with Gasteiger partial charge >= 0.3 is 5.97 Å². The second kappa shape index (κ2) is 5.24. The highest BCUT2D eigenvalue weighted by atomic mass is 16.6. The van der Waals surface area contributed by atoms with Crippen LogP contribution in [0, 0.1) is 0 Å². The maximum Gasteiger partial charge on any atom is 0.314 e. The standard InChI is InChI=1S/C21H18O2/c1-21(18-12-11-15-7-5-6-10-17(15)13-18)14-19(20(22)23-21)16-8-3-2-4-9-16/h2-13,19H,14H2,1H3/t19-,21+/m1/s1. The lowest BCUT2D eigenvalue weighted by Crippen LogP contribution is -2.20. The number of cyclic esters (lactones) is 1. The summed E-state index contributed by atoms with van der Waals surface area (Å²) in [5.41, 5.74) is 1.52. The summed E-state index contributed by atoms with van der Waals surface area (Å²) < 4.78 is 5.81. The second-order valence-electron chi connectivity index (χ2n) is 6.38. The maximum atomic E-state index is 12.4. The molecular weight excluding hydrogens is 284 g/mol. The van der Waals surface area contributed by atoms with Gasteiger partial charge in [-0.25, -0.2) is 0 Å². The zero-order valence-electron chi connectivity index (χ0n) is 13.0. The van der Waals surface area contributed by atoms with Crippen molar-refractivity contribution in [3.05, 3.63) is 83.9 Å². The van der Waals surface area contributed by atoms with Crippen LogP contribution < -0.4 is 0 Å². The zero-order valence-corrected chi connectivity index (χ0v) is 13.0. The Labute approximate surface area is 135 Å². The molecule has 3 aromatic rings. The highest BCUT2D eigenvalue weighted by Gasteiger charge is 2.45. The Kier molecular flexibility index (Phi) is 3.19. The molecule has 2 heteroatoms. The van der Waals surface area contributed by atoms with Crippen LogP contribution >= 0.6 is 0 Å². The predicted molar refractivity (Wildman–Crippen MR) is 91.2 cm³/mol. The number of fused-ring (bicyclic) bond motifs is 1. The largest absolute Gasteiger partial charge is 0.454 e. The smallest absolute Gasteiger partial charge is 0.314 e. The lowest BCUT2D eigenvalue weighted by atomic mass is 9.85. The van der Waals surface area contributed by atoms with E-state index in [0.717, 1.165) is 11.1 Å². The highest BCUT2D eigenvalue weighted by Crippen LogP contribution is 2.44. The molecule has 4 rings (SSSR count). The molecule has 0 amide bonds. The predicted octanol–water partition coefficient (Wildman–Crippen LogP) is 4.79. The fourth-order valence-corrected chi connectivity index (χ4v) is 3.44. The minimum absolute atomic E-state index is 0.133.